The minimum atomic E-state index is -0.290. The Labute approximate surface area is 79.6 Å². The molecule has 2 unspecified atom stereocenters. The molecule has 1 saturated carbocycles. The minimum absolute atomic E-state index is 0.178. The summed E-state index contributed by atoms with van der Waals surface area (Å²) in [7, 11) is 1.42. The zero-order chi connectivity index (χ0) is 9.90. The molecule has 1 rings (SSSR count). The SMILES string of the molecule is CCC1CCCC1(N)CC(=O)OC. The van der Waals surface area contributed by atoms with Gasteiger partial charge in [0.15, 0.2) is 0 Å². The van der Waals surface area contributed by atoms with Gasteiger partial charge in [-0.1, -0.05) is 19.8 Å². The molecule has 1 aliphatic carbocycles. The van der Waals surface area contributed by atoms with Crippen LogP contribution in [0.15, 0.2) is 0 Å². The van der Waals surface area contributed by atoms with E-state index < -0.39 is 0 Å². The van der Waals surface area contributed by atoms with Crippen molar-refractivity contribution in [2.45, 2.75) is 44.6 Å². The Morgan fingerprint density at radius 1 is 1.69 bits per heavy atom. The number of ether oxygens (including phenoxy) is 1. The largest absolute Gasteiger partial charge is 0.469 e. The average Bonchev–Trinajstić information content (AvgIpc) is 2.46. The van der Waals surface area contributed by atoms with Crippen molar-refractivity contribution in [3.05, 3.63) is 0 Å². The number of methoxy groups -OCH3 is 1. The first-order chi connectivity index (χ1) is 6.12. The lowest BCUT2D eigenvalue weighted by Crippen LogP contribution is -2.45. The van der Waals surface area contributed by atoms with Crippen molar-refractivity contribution in [1.29, 1.82) is 0 Å². The highest BCUT2D eigenvalue weighted by Crippen LogP contribution is 2.38. The van der Waals surface area contributed by atoms with E-state index in [9.17, 15) is 4.79 Å². The molecule has 0 bridgehead atoms. The van der Waals surface area contributed by atoms with Gasteiger partial charge < -0.3 is 10.5 Å². The molecule has 0 aromatic rings. The summed E-state index contributed by atoms with van der Waals surface area (Å²) in [5, 5.41) is 0. The molecule has 76 valence electrons. The highest BCUT2D eigenvalue weighted by Gasteiger charge is 2.40. The molecule has 0 aromatic heterocycles. The highest BCUT2D eigenvalue weighted by atomic mass is 16.5. The summed E-state index contributed by atoms with van der Waals surface area (Å²) in [5.74, 6) is 0.314. The molecule has 13 heavy (non-hydrogen) atoms. The number of carbonyl (C=O) groups excluding carboxylic acids is 1. The van der Waals surface area contributed by atoms with Gasteiger partial charge >= 0.3 is 5.97 Å². The molecule has 0 amide bonds. The number of rotatable bonds is 3. The lowest BCUT2D eigenvalue weighted by molar-refractivity contribution is -0.142. The van der Waals surface area contributed by atoms with Crippen molar-refractivity contribution in [2.75, 3.05) is 7.11 Å². The van der Waals surface area contributed by atoms with Gasteiger partial charge in [0, 0.05) is 5.54 Å². The first kappa shape index (κ1) is 10.5. The summed E-state index contributed by atoms with van der Waals surface area (Å²) in [6.45, 7) is 2.13. The van der Waals surface area contributed by atoms with Crippen LogP contribution in [0.4, 0.5) is 0 Å². The quantitative estimate of drug-likeness (QED) is 0.677. The predicted molar refractivity (Wildman–Crippen MR) is 51.2 cm³/mol. The van der Waals surface area contributed by atoms with E-state index in [4.69, 9.17) is 5.73 Å². The maximum atomic E-state index is 11.1. The van der Waals surface area contributed by atoms with Gasteiger partial charge in [0.05, 0.1) is 13.5 Å². The Hall–Kier alpha value is -0.570. The van der Waals surface area contributed by atoms with Crippen LogP contribution in [0.5, 0.6) is 0 Å². The summed E-state index contributed by atoms with van der Waals surface area (Å²) in [6.07, 6.45) is 4.70. The van der Waals surface area contributed by atoms with Crippen LogP contribution in [0.3, 0.4) is 0 Å². The number of hydrogen-bond donors (Lipinski definition) is 1. The third-order valence-corrected chi connectivity index (χ3v) is 3.20. The molecule has 0 radical (unpaired) electrons. The van der Waals surface area contributed by atoms with E-state index >= 15 is 0 Å². The fourth-order valence-corrected chi connectivity index (χ4v) is 2.35. The highest BCUT2D eigenvalue weighted by molar-refractivity contribution is 5.70. The van der Waals surface area contributed by atoms with E-state index in [1.165, 1.54) is 7.11 Å². The van der Waals surface area contributed by atoms with Crippen molar-refractivity contribution < 1.29 is 9.53 Å². The number of carbonyl (C=O) groups is 1. The first-order valence-corrected chi connectivity index (χ1v) is 4.98. The van der Waals surface area contributed by atoms with Crippen molar-refractivity contribution in [3.63, 3.8) is 0 Å². The molecular formula is C10H19NO2. The zero-order valence-corrected chi connectivity index (χ0v) is 8.51. The van der Waals surface area contributed by atoms with E-state index in [-0.39, 0.29) is 11.5 Å². The number of esters is 1. The number of hydrogen-bond acceptors (Lipinski definition) is 3. The van der Waals surface area contributed by atoms with Gasteiger partial charge in [0.2, 0.25) is 0 Å². The van der Waals surface area contributed by atoms with Gasteiger partial charge in [-0.15, -0.1) is 0 Å². The Morgan fingerprint density at radius 2 is 2.38 bits per heavy atom. The molecule has 1 fully saturated rings. The number of nitrogens with two attached hydrogens (primary N) is 1. The van der Waals surface area contributed by atoms with E-state index in [1.807, 2.05) is 0 Å². The van der Waals surface area contributed by atoms with Crippen LogP contribution in [0.2, 0.25) is 0 Å². The Balaban J connectivity index is 2.58. The summed E-state index contributed by atoms with van der Waals surface area (Å²) in [6, 6.07) is 0. The molecule has 0 saturated heterocycles. The van der Waals surface area contributed by atoms with Gasteiger partial charge in [-0.05, 0) is 18.8 Å². The molecule has 1 aliphatic rings. The Morgan fingerprint density at radius 3 is 2.92 bits per heavy atom. The molecule has 3 heteroatoms. The van der Waals surface area contributed by atoms with Crippen molar-refractivity contribution in [2.24, 2.45) is 11.7 Å². The lowest BCUT2D eigenvalue weighted by Gasteiger charge is -2.29. The van der Waals surface area contributed by atoms with Crippen LogP contribution >= 0.6 is 0 Å². The second-order valence-electron chi connectivity index (χ2n) is 3.98. The standard InChI is InChI=1S/C10H19NO2/c1-3-8-5-4-6-10(8,11)7-9(12)13-2/h8H,3-7,11H2,1-2H3. The fourth-order valence-electron chi connectivity index (χ4n) is 2.35. The van der Waals surface area contributed by atoms with Crippen LogP contribution in [-0.4, -0.2) is 18.6 Å². The maximum absolute atomic E-state index is 11.1. The second-order valence-corrected chi connectivity index (χ2v) is 3.98. The van der Waals surface area contributed by atoms with Crippen molar-refractivity contribution >= 4 is 5.97 Å². The van der Waals surface area contributed by atoms with Crippen LogP contribution in [0, 0.1) is 5.92 Å². The summed E-state index contributed by atoms with van der Waals surface area (Å²) in [4.78, 5) is 11.1. The van der Waals surface area contributed by atoms with Crippen LogP contribution in [0.25, 0.3) is 0 Å². The topological polar surface area (TPSA) is 52.3 Å². The third kappa shape index (κ3) is 2.21. The van der Waals surface area contributed by atoms with E-state index in [2.05, 4.69) is 11.7 Å². The Kier molecular flexibility index (Phi) is 3.31. The van der Waals surface area contributed by atoms with Crippen LogP contribution < -0.4 is 5.73 Å². The van der Waals surface area contributed by atoms with Crippen molar-refractivity contribution in [1.82, 2.24) is 0 Å². The summed E-state index contributed by atoms with van der Waals surface area (Å²) < 4.78 is 4.65. The minimum Gasteiger partial charge on any atom is -0.469 e. The third-order valence-electron chi connectivity index (χ3n) is 3.20. The molecule has 0 spiro atoms. The van der Waals surface area contributed by atoms with Gasteiger partial charge in [-0.3, -0.25) is 4.79 Å². The monoisotopic (exact) mass is 185 g/mol. The Bertz CT molecular complexity index is 193. The van der Waals surface area contributed by atoms with E-state index in [0.29, 0.717) is 12.3 Å². The average molecular weight is 185 g/mol. The smallest absolute Gasteiger partial charge is 0.307 e. The van der Waals surface area contributed by atoms with Crippen molar-refractivity contribution in [3.8, 4) is 0 Å². The molecule has 0 heterocycles. The molecule has 2 N–H and O–H groups in total. The molecule has 0 aromatic carbocycles. The van der Waals surface area contributed by atoms with Gasteiger partial charge in [0.25, 0.3) is 0 Å². The molecular weight excluding hydrogens is 166 g/mol. The summed E-state index contributed by atoms with van der Waals surface area (Å²) in [5.41, 5.74) is 5.90. The zero-order valence-electron chi connectivity index (χ0n) is 8.51. The van der Waals surface area contributed by atoms with E-state index in [1.54, 1.807) is 0 Å². The first-order valence-electron chi connectivity index (χ1n) is 4.98. The normalized spacial score (nSPS) is 33.3. The van der Waals surface area contributed by atoms with Crippen LogP contribution in [0.1, 0.15) is 39.0 Å². The molecule has 2 atom stereocenters. The second kappa shape index (κ2) is 4.09. The van der Waals surface area contributed by atoms with Gasteiger partial charge in [-0.25, -0.2) is 0 Å². The van der Waals surface area contributed by atoms with Crippen LogP contribution in [-0.2, 0) is 9.53 Å². The summed E-state index contributed by atoms with van der Waals surface area (Å²) >= 11 is 0. The molecule has 0 aliphatic heterocycles. The van der Waals surface area contributed by atoms with Gasteiger partial charge in [0.1, 0.15) is 0 Å². The maximum Gasteiger partial charge on any atom is 0.307 e. The van der Waals surface area contributed by atoms with Gasteiger partial charge in [-0.2, -0.15) is 0 Å². The fraction of sp³-hybridized carbons (Fsp3) is 0.900. The van der Waals surface area contributed by atoms with E-state index in [0.717, 1.165) is 25.7 Å². The lowest BCUT2D eigenvalue weighted by atomic mass is 9.83. The molecule has 3 nitrogen and oxygen atoms in total. The predicted octanol–water partition coefficient (Wildman–Crippen LogP) is 1.46.